The quantitative estimate of drug-likeness (QED) is 0.824. The van der Waals surface area contributed by atoms with Gasteiger partial charge in [0, 0.05) is 17.1 Å². The lowest BCUT2D eigenvalue weighted by molar-refractivity contribution is -0.120. The maximum Gasteiger partial charge on any atom is 0.234 e. The average Bonchev–Trinajstić information content (AvgIpc) is 2.60. The molecule has 0 saturated carbocycles. The van der Waals surface area contributed by atoms with Crippen molar-refractivity contribution in [2.24, 2.45) is 0 Å². The first-order valence-electron chi connectivity index (χ1n) is 5.44. The third-order valence-electron chi connectivity index (χ3n) is 2.03. The highest BCUT2D eigenvalue weighted by Gasteiger charge is 2.10. The van der Waals surface area contributed by atoms with E-state index in [1.165, 1.54) is 0 Å². The van der Waals surface area contributed by atoms with Gasteiger partial charge in [0.05, 0.1) is 12.6 Å². The van der Waals surface area contributed by atoms with Crippen LogP contribution in [0.1, 0.15) is 37.5 Å². The van der Waals surface area contributed by atoms with Crippen LogP contribution < -0.4 is 10.6 Å². The van der Waals surface area contributed by atoms with Gasteiger partial charge >= 0.3 is 0 Å². The average molecular weight is 241 g/mol. The number of nitrogens with one attached hydrogen (secondary N) is 2. The second kappa shape index (κ2) is 5.96. The van der Waals surface area contributed by atoms with Gasteiger partial charge in [-0.25, -0.2) is 4.98 Å². The summed E-state index contributed by atoms with van der Waals surface area (Å²) < 4.78 is 0. The highest BCUT2D eigenvalue weighted by molar-refractivity contribution is 7.09. The van der Waals surface area contributed by atoms with Gasteiger partial charge in [-0.05, 0) is 27.7 Å². The Labute approximate surface area is 100 Å². The maximum atomic E-state index is 11.4. The predicted octanol–water partition coefficient (Wildman–Crippen LogP) is 1.63. The van der Waals surface area contributed by atoms with Gasteiger partial charge in [-0.15, -0.1) is 11.3 Å². The summed E-state index contributed by atoms with van der Waals surface area (Å²) in [4.78, 5) is 15.8. The minimum atomic E-state index is 0.0233. The van der Waals surface area contributed by atoms with Crippen LogP contribution in [-0.2, 0) is 4.79 Å². The lowest BCUT2D eigenvalue weighted by atomic mass is 10.3. The zero-order valence-electron chi connectivity index (χ0n) is 10.2. The van der Waals surface area contributed by atoms with Crippen LogP contribution in [0.3, 0.4) is 0 Å². The SMILES string of the molecule is Cc1csc(C(C)NCC(=O)NC(C)C)n1. The van der Waals surface area contributed by atoms with Crippen molar-refractivity contribution >= 4 is 17.2 Å². The van der Waals surface area contributed by atoms with Crippen LogP contribution in [0.2, 0.25) is 0 Å². The molecule has 5 heteroatoms. The maximum absolute atomic E-state index is 11.4. The Balaban J connectivity index is 2.35. The van der Waals surface area contributed by atoms with E-state index < -0.39 is 0 Å². The first kappa shape index (κ1) is 13.1. The highest BCUT2D eigenvalue weighted by atomic mass is 32.1. The van der Waals surface area contributed by atoms with Crippen molar-refractivity contribution in [2.75, 3.05) is 6.54 Å². The van der Waals surface area contributed by atoms with Gasteiger partial charge in [-0.3, -0.25) is 10.1 Å². The van der Waals surface area contributed by atoms with E-state index >= 15 is 0 Å². The van der Waals surface area contributed by atoms with Gasteiger partial charge in [0.25, 0.3) is 0 Å². The van der Waals surface area contributed by atoms with Crippen LogP contribution in [0.15, 0.2) is 5.38 Å². The molecule has 0 bridgehead atoms. The van der Waals surface area contributed by atoms with Crippen molar-refractivity contribution in [3.05, 3.63) is 16.1 Å². The number of rotatable bonds is 5. The number of amides is 1. The Morgan fingerprint density at radius 1 is 1.50 bits per heavy atom. The molecule has 1 aromatic heterocycles. The number of thiazole rings is 1. The van der Waals surface area contributed by atoms with Crippen LogP contribution in [-0.4, -0.2) is 23.5 Å². The molecule has 1 unspecified atom stereocenters. The highest BCUT2D eigenvalue weighted by Crippen LogP contribution is 2.16. The first-order chi connectivity index (χ1) is 7.49. The van der Waals surface area contributed by atoms with Crippen LogP contribution in [0.25, 0.3) is 0 Å². The Morgan fingerprint density at radius 3 is 2.69 bits per heavy atom. The molecule has 1 amide bonds. The molecule has 1 aromatic rings. The lowest BCUT2D eigenvalue weighted by Crippen LogP contribution is -2.38. The Bertz CT molecular complexity index is 349. The van der Waals surface area contributed by atoms with Gasteiger partial charge in [0.15, 0.2) is 0 Å². The molecule has 1 heterocycles. The molecule has 0 saturated heterocycles. The largest absolute Gasteiger partial charge is 0.353 e. The van der Waals surface area contributed by atoms with Crippen molar-refractivity contribution in [1.29, 1.82) is 0 Å². The van der Waals surface area contributed by atoms with E-state index in [1.54, 1.807) is 11.3 Å². The van der Waals surface area contributed by atoms with E-state index in [4.69, 9.17) is 0 Å². The van der Waals surface area contributed by atoms with Crippen molar-refractivity contribution < 1.29 is 4.79 Å². The number of hydrogen-bond acceptors (Lipinski definition) is 4. The minimum Gasteiger partial charge on any atom is -0.353 e. The van der Waals surface area contributed by atoms with Gasteiger partial charge in [0.1, 0.15) is 5.01 Å². The van der Waals surface area contributed by atoms with Gasteiger partial charge in [-0.1, -0.05) is 0 Å². The third-order valence-corrected chi connectivity index (χ3v) is 3.17. The Hall–Kier alpha value is -0.940. The summed E-state index contributed by atoms with van der Waals surface area (Å²) in [7, 11) is 0. The lowest BCUT2D eigenvalue weighted by Gasteiger charge is -2.12. The molecule has 16 heavy (non-hydrogen) atoms. The van der Waals surface area contributed by atoms with Gasteiger partial charge < -0.3 is 5.32 Å². The molecule has 1 rings (SSSR count). The van der Waals surface area contributed by atoms with Crippen LogP contribution in [0.5, 0.6) is 0 Å². The second-order valence-electron chi connectivity index (χ2n) is 4.15. The molecule has 0 fully saturated rings. The Morgan fingerprint density at radius 2 is 2.19 bits per heavy atom. The van der Waals surface area contributed by atoms with Gasteiger partial charge in [0.2, 0.25) is 5.91 Å². The third kappa shape index (κ3) is 4.28. The topological polar surface area (TPSA) is 54.0 Å². The van der Waals surface area contributed by atoms with Gasteiger partial charge in [-0.2, -0.15) is 0 Å². The summed E-state index contributed by atoms with van der Waals surface area (Å²) >= 11 is 1.62. The van der Waals surface area contributed by atoms with E-state index in [2.05, 4.69) is 15.6 Å². The van der Waals surface area contributed by atoms with Crippen LogP contribution in [0.4, 0.5) is 0 Å². The summed E-state index contributed by atoms with van der Waals surface area (Å²) in [6, 6.07) is 0.309. The zero-order chi connectivity index (χ0) is 12.1. The van der Waals surface area contributed by atoms with E-state index in [-0.39, 0.29) is 18.0 Å². The molecule has 1 atom stereocenters. The fourth-order valence-electron chi connectivity index (χ4n) is 1.28. The standard InChI is InChI=1S/C11H19N3OS/c1-7(2)13-10(15)5-12-9(4)11-14-8(3)6-16-11/h6-7,9,12H,5H2,1-4H3,(H,13,15). The smallest absolute Gasteiger partial charge is 0.234 e. The normalized spacial score (nSPS) is 12.8. The molecule has 0 radical (unpaired) electrons. The monoisotopic (exact) mass is 241 g/mol. The number of hydrogen-bond donors (Lipinski definition) is 2. The van der Waals surface area contributed by atoms with Crippen molar-refractivity contribution in [2.45, 2.75) is 39.8 Å². The fourth-order valence-corrected chi connectivity index (χ4v) is 2.11. The van der Waals surface area contributed by atoms with Crippen molar-refractivity contribution in [3.8, 4) is 0 Å². The van der Waals surface area contributed by atoms with E-state index in [0.717, 1.165) is 10.7 Å². The molecular weight excluding hydrogens is 222 g/mol. The van der Waals surface area contributed by atoms with E-state index in [9.17, 15) is 4.79 Å². The molecule has 4 nitrogen and oxygen atoms in total. The number of aromatic nitrogens is 1. The number of nitrogens with zero attached hydrogens (tertiary/aromatic N) is 1. The number of carbonyl (C=O) groups excluding carboxylic acids is 1. The van der Waals surface area contributed by atoms with Crippen molar-refractivity contribution in [3.63, 3.8) is 0 Å². The summed E-state index contributed by atoms with van der Waals surface area (Å²) in [5.41, 5.74) is 1.03. The fraction of sp³-hybridized carbons (Fsp3) is 0.636. The van der Waals surface area contributed by atoms with Crippen LogP contribution >= 0.6 is 11.3 Å². The summed E-state index contributed by atoms with van der Waals surface area (Å²) in [5, 5.41) is 9.03. The molecular formula is C11H19N3OS. The summed E-state index contributed by atoms with van der Waals surface area (Å²) in [6.07, 6.45) is 0. The van der Waals surface area contributed by atoms with Crippen molar-refractivity contribution in [1.82, 2.24) is 15.6 Å². The molecule has 0 aliphatic carbocycles. The molecule has 90 valence electrons. The number of carbonyl (C=O) groups is 1. The molecule has 2 N–H and O–H groups in total. The zero-order valence-corrected chi connectivity index (χ0v) is 11.0. The summed E-state index contributed by atoms with van der Waals surface area (Å²) in [6.45, 7) is 8.22. The molecule has 0 aliphatic rings. The molecule has 0 aromatic carbocycles. The number of aryl methyl sites for hydroxylation is 1. The molecule has 0 aliphatic heterocycles. The molecule has 0 spiro atoms. The minimum absolute atomic E-state index is 0.0233. The van der Waals surface area contributed by atoms with E-state index in [0.29, 0.717) is 6.54 Å². The first-order valence-corrected chi connectivity index (χ1v) is 6.31. The van der Waals surface area contributed by atoms with Crippen LogP contribution in [0, 0.1) is 6.92 Å². The second-order valence-corrected chi connectivity index (χ2v) is 5.04. The predicted molar refractivity (Wildman–Crippen MR) is 66.5 cm³/mol. The van der Waals surface area contributed by atoms with E-state index in [1.807, 2.05) is 33.1 Å². The summed E-state index contributed by atoms with van der Waals surface area (Å²) in [5.74, 6) is 0.0233. The Kier molecular flexibility index (Phi) is 4.89.